The van der Waals surface area contributed by atoms with E-state index in [9.17, 15) is 4.79 Å². The van der Waals surface area contributed by atoms with E-state index in [0.717, 1.165) is 12.8 Å². The van der Waals surface area contributed by atoms with Crippen molar-refractivity contribution in [3.05, 3.63) is 0 Å². The molecule has 0 aromatic heterocycles. The van der Waals surface area contributed by atoms with Gasteiger partial charge in [-0.1, -0.05) is 12.8 Å². The predicted molar refractivity (Wildman–Crippen MR) is 51.3 cm³/mol. The lowest BCUT2D eigenvalue weighted by atomic mass is 9.71. The number of hydrogen-bond acceptors (Lipinski definition) is 2. The highest BCUT2D eigenvalue weighted by atomic mass is 16.1. The van der Waals surface area contributed by atoms with E-state index >= 15 is 0 Å². The summed E-state index contributed by atoms with van der Waals surface area (Å²) in [7, 11) is 0. The molecule has 0 N–H and O–H groups in total. The molecule has 2 aliphatic rings. The molecule has 0 saturated heterocycles. The van der Waals surface area contributed by atoms with Crippen molar-refractivity contribution >= 4 is 6.08 Å². The molecule has 0 aliphatic heterocycles. The van der Waals surface area contributed by atoms with Crippen LogP contribution in [0, 0.1) is 5.41 Å². The monoisotopic (exact) mass is 179 g/mol. The van der Waals surface area contributed by atoms with Crippen LogP contribution >= 0.6 is 0 Å². The third-order valence-corrected chi connectivity index (χ3v) is 3.92. The normalized spacial score (nSPS) is 27.4. The van der Waals surface area contributed by atoms with Crippen molar-refractivity contribution in [1.29, 1.82) is 0 Å². The molecule has 0 bridgehead atoms. The maximum absolute atomic E-state index is 10.1. The van der Waals surface area contributed by atoms with E-state index in [2.05, 4.69) is 4.99 Å². The summed E-state index contributed by atoms with van der Waals surface area (Å²) in [5, 5.41) is 0. The molecule has 0 aromatic carbocycles. The zero-order chi connectivity index (χ0) is 9.15. The lowest BCUT2D eigenvalue weighted by molar-refractivity contribution is 0.183. The second kappa shape index (κ2) is 3.63. The lowest BCUT2D eigenvalue weighted by Gasteiger charge is -2.35. The van der Waals surface area contributed by atoms with E-state index in [1.54, 1.807) is 6.08 Å². The van der Waals surface area contributed by atoms with Gasteiger partial charge < -0.3 is 0 Å². The topological polar surface area (TPSA) is 29.4 Å². The highest BCUT2D eigenvalue weighted by Crippen LogP contribution is 2.49. The first-order chi connectivity index (χ1) is 6.35. The molecule has 2 heteroatoms. The Morgan fingerprint density at radius 2 is 1.69 bits per heavy atom. The van der Waals surface area contributed by atoms with Crippen molar-refractivity contribution in [3.8, 4) is 0 Å². The van der Waals surface area contributed by atoms with Gasteiger partial charge in [0.1, 0.15) is 0 Å². The zero-order valence-electron chi connectivity index (χ0n) is 8.09. The summed E-state index contributed by atoms with van der Waals surface area (Å²) in [5.74, 6) is 0. The minimum Gasteiger partial charge on any atom is -0.211 e. The number of nitrogens with zero attached hydrogens (tertiary/aromatic N) is 1. The van der Waals surface area contributed by atoms with Crippen LogP contribution in [-0.2, 0) is 4.79 Å². The summed E-state index contributed by atoms with van der Waals surface area (Å²) in [6, 6.07) is 0.295. The lowest BCUT2D eigenvalue weighted by Crippen LogP contribution is -2.26. The van der Waals surface area contributed by atoms with Gasteiger partial charge in [-0.15, -0.1) is 0 Å². The quantitative estimate of drug-likeness (QED) is 0.449. The maximum atomic E-state index is 10.1. The fourth-order valence-corrected chi connectivity index (χ4v) is 3.04. The average Bonchev–Trinajstić information content (AvgIpc) is 2.59. The van der Waals surface area contributed by atoms with Gasteiger partial charge in [-0.25, -0.2) is 9.79 Å². The van der Waals surface area contributed by atoms with Gasteiger partial charge in [0.05, 0.1) is 6.04 Å². The first-order valence-corrected chi connectivity index (χ1v) is 5.42. The van der Waals surface area contributed by atoms with E-state index in [1.165, 1.54) is 38.5 Å². The standard InChI is InChI=1S/C11H17NO/c13-9-12-10-3-7-11(8-4-10)5-1-2-6-11/h10H,1-8H2. The van der Waals surface area contributed by atoms with Crippen LogP contribution < -0.4 is 0 Å². The van der Waals surface area contributed by atoms with Gasteiger partial charge in [0.2, 0.25) is 6.08 Å². The zero-order valence-corrected chi connectivity index (χ0v) is 8.09. The predicted octanol–water partition coefficient (Wildman–Crippen LogP) is 2.83. The van der Waals surface area contributed by atoms with E-state index in [0.29, 0.717) is 11.5 Å². The van der Waals surface area contributed by atoms with Gasteiger partial charge in [-0.2, -0.15) is 0 Å². The molecule has 2 saturated carbocycles. The number of carbonyl (C=O) groups excluding carboxylic acids is 1. The molecule has 2 rings (SSSR count). The minimum atomic E-state index is 0.295. The molecule has 2 fully saturated rings. The molecular weight excluding hydrogens is 162 g/mol. The third kappa shape index (κ3) is 1.83. The van der Waals surface area contributed by atoms with Crippen molar-refractivity contribution in [1.82, 2.24) is 0 Å². The Balaban J connectivity index is 1.91. The van der Waals surface area contributed by atoms with Crippen molar-refractivity contribution in [2.45, 2.75) is 57.4 Å². The first-order valence-electron chi connectivity index (χ1n) is 5.42. The highest BCUT2D eigenvalue weighted by Gasteiger charge is 2.37. The minimum absolute atomic E-state index is 0.295. The molecular formula is C11H17NO. The number of isocyanates is 1. The number of rotatable bonds is 1. The van der Waals surface area contributed by atoms with Crippen molar-refractivity contribution in [2.24, 2.45) is 10.4 Å². The summed E-state index contributed by atoms with van der Waals surface area (Å²) >= 11 is 0. The summed E-state index contributed by atoms with van der Waals surface area (Å²) in [5.41, 5.74) is 0.662. The SMILES string of the molecule is O=C=NC1CCC2(CCCC2)CC1. The van der Waals surface area contributed by atoms with Crippen LogP contribution in [0.15, 0.2) is 4.99 Å². The third-order valence-electron chi connectivity index (χ3n) is 3.92. The van der Waals surface area contributed by atoms with E-state index in [-0.39, 0.29) is 0 Å². The Morgan fingerprint density at radius 3 is 2.23 bits per heavy atom. The van der Waals surface area contributed by atoms with E-state index in [1.807, 2.05) is 0 Å². The van der Waals surface area contributed by atoms with E-state index < -0.39 is 0 Å². The van der Waals surface area contributed by atoms with Crippen LogP contribution in [0.1, 0.15) is 51.4 Å². The van der Waals surface area contributed by atoms with Crippen LogP contribution in [0.5, 0.6) is 0 Å². The van der Waals surface area contributed by atoms with Crippen molar-refractivity contribution in [3.63, 3.8) is 0 Å². The Bertz CT molecular complexity index is 214. The fraction of sp³-hybridized carbons (Fsp3) is 0.909. The summed E-state index contributed by atoms with van der Waals surface area (Å²) in [6.45, 7) is 0. The number of hydrogen-bond donors (Lipinski definition) is 0. The van der Waals surface area contributed by atoms with Crippen molar-refractivity contribution in [2.75, 3.05) is 0 Å². The molecule has 72 valence electrons. The average molecular weight is 179 g/mol. The van der Waals surface area contributed by atoms with Gasteiger partial charge in [-0.05, 0) is 43.9 Å². The molecule has 0 amide bonds. The summed E-state index contributed by atoms with van der Waals surface area (Å²) < 4.78 is 0. The largest absolute Gasteiger partial charge is 0.235 e. The molecule has 13 heavy (non-hydrogen) atoms. The van der Waals surface area contributed by atoms with Crippen LogP contribution in [0.25, 0.3) is 0 Å². The van der Waals surface area contributed by atoms with Gasteiger partial charge in [0.15, 0.2) is 0 Å². The molecule has 2 nitrogen and oxygen atoms in total. The number of aliphatic imine (C=N–C) groups is 1. The van der Waals surface area contributed by atoms with Gasteiger partial charge in [0, 0.05) is 0 Å². The second-order valence-electron chi connectivity index (χ2n) is 4.66. The molecule has 0 atom stereocenters. The first kappa shape index (κ1) is 8.96. The Labute approximate surface area is 79.4 Å². The molecule has 2 aliphatic carbocycles. The van der Waals surface area contributed by atoms with Crippen LogP contribution in [0.2, 0.25) is 0 Å². The van der Waals surface area contributed by atoms with Crippen molar-refractivity contribution < 1.29 is 4.79 Å². The Morgan fingerprint density at radius 1 is 1.08 bits per heavy atom. The van der Waals surface area contributed by atoms with Crippen LogP contribution in [-0.4, -0.2) is 12.1 Å². The summed E-state index contributed by atoms with van der Waals surface area (Å²) in [4.78, 5) is 13.9. The van der Waals surface area contributed by atoms with Crippen LogP contribution in [0.3, 0.4) is 0 Å². The van der Waals surface area contributed by atoms with Gasteiger partial charge in [-0.3, -0.25) is 0 Å². The molecule has 0 aromatic rings. The van der Waals surface area contributed by atoms with E-state index in [4.69, 9.17) is 0 Å². The molecule has 0 radical (unpaired) electrons. The molecule has 0 heterocycles. The molecule has 0 unspecified atom stereocenters. The van der Waals surface area contributed by atoms with Gasteiger partial charge in [0.25, 0.3) is 0 Å². The highest BCUT2D eigenvalue weighted by molar-refractivity contribution is 5.33. The Kier molecular flexibility index (Phi) is 2.50. The van der Waals surface area contributed by atoms with Crippen LogP contribution in [0.4, 0.5) is 0 Å². The fourth-order valence-electron chi connectivity index (χ4n) is 3.04. The molecule has 1 spiro atoms. The van der Waals surface area contributed by atoms with Gasteiger partial charge >= 0.3 is 0 Å². The maximum Gasteiger partial charge on any atom is 0.235 e. The second-order valence-corrected chi connectivity index (χ2v) is 4.66. The summed E-state index contributed by atoms with van der Waals surface area (Å²) in [6.07, 6.45) is 12.2. The Hall–Kier alpha value is -0.620. The smallest absolute Gasteiger partial charge is 0.211 e.